The minimum absolute atomic E-state index is 0.159. The van der Waals surface area contributed by atoms with Gasteiger partial charge in [-0.05, 0) is 85.8 Å². The molecule has 1 saturated heterocycles. The van der Waals surface area contributed by atoms with Crippen LogP contribution in [0, 0.1) is 25.1 Å². The first-order valence-electron chi connectivity index (χ1n) is 13.6. The molecule has 2 aromatic carbocycles. The van der Waals surface area contributed by atoms with Crippen molar-refractivity contribution in [1.82, 2.24) is 24.8 Å². The van der Waals surface area contributed by atoms with Crippen LogP contribution in [-0.2, 0) is 11.3 Å². The Morgan fingerprint density at radius 1 is 1.13 bits per heavy atom. The third-order valence-electron chi connectivity index (χ3n) is 7.56. The predicted octanol–water partition coefficient (Wildman–Crippen LogP) is 6.09. The van der Waals surface area contributed by atoms with Crippen LogP contribution in [-0.4, -0.2) is 62.5 Å². The van der Waals surface area contributed by atoms with Gasteiger partial charge in [0.25, 0.3) is 0 Å². The zero-order valence-electron chi connectivity index (χ0n) is 23.7. The van der Waals surface area contributed by atoms with Crippen LogP contribution in [0.2, 0.25) is 0 Å². The van der Waals surface area contributed by atoms with Crippen molar-refractivity contribution in [3.8, 4) is 11.4 Å². The highest BCUT2D eigenvalue weighted by atomic mass is 79.9. The fourth-order valence-corrected chi connectivity index (χ4v) is 5.69. The SMILES string of the molecule is Cc1ccc(C)c(OCCCC(C)(C)C(=O)N2C[C@@H](C)N(Cc3cn(-c4cc(F)ccc4Br)nn3)[C@@H](C)C2)c1. The lowest BCUT2D eigenvalue weighted by Crippen LogP contribution is -2.59. The Labute approximate surface area is 239 Å². The second-order valence-electron chi connectivity index (χ2n) is 11.4. The van der Waals surface area contributed by atoms with Crippen LogP contribution >= 0.6 is 15.9 Å². The van der Waals surface area contributed by atoms with Gasteiger partial charge in [-0.2, -0.15) is 0 Å². The van der Waals surface area contributed by atoms with Crippen molar-refractivity contribution in [2.24, 2.45) is 5.41 Å². The van der Waals surface area contributed by atoms with Crippen LogP contribution in [0.1, 0.15) is 57.4 Å². The summed E-state index contributed by atoms with van der Waals surface area (Å²) in [4.78, 5) is 17.9. The number of benzene rings is 2. The number of carbonyl (C=O) groups excluding carboxylic acids is 1. The van der Waals surface area contributed by atoms with Crippen molar-refractivity contribution in [1.29, 1.82) is 0 Å². The largest absolute Gasteiger partial charge is 0.493 e. The van der Waals surface area contributed by atoms with Gasteiger partial charge >= 0.3 is 0 Å². The number of amides is 1. The zero-order valence-corrected chi connectivity index (χ0v) is 25.3. The van der Waals surface area contributed by atoms with E-state index in [0.29, 0.717) is 31.9 Å². The number of aromatic nitrogens is 3. The summed E-state index contributed by atoms with van der Waals surface area (Å²) in [6.07, 6.45) is 3.41. The molecule has 3 aromatic rings. The molecular formula is C30H39BrFN5O2. The Morgan fingerprint density at radius 2 is 1.85 bits per heavy atom. The molecule has 0 N–H and O–H groups in total. The van der Waals surface area contributed by atoms with Gasteiger partial charge in [-0.25, -0.2) is 9.07 Å². The molecule has 0 unspecified atom stereocenters. The molecular weight excluding hydrogens is 561 g/mol. The fourth-order valence-electron chi connectivity index (χ4n) is 5.27. The van der Waals surface area contributed by atoms with E-state index in [1.165, 1.54) is 17.7 Å². The van der Waals surface area contributed by atoms with E-state index in [1.54, 1.807) is 10.7 Å². The molecule has 7 nitrogen and oxygen atoms in total. The third-order valence-corrected chi connectivity index (χ3v) is 8.23. The molecule has 1 amide bonds. The number of carbonyl (C=O) groups is 1. The third kappa shape index (κ3) is 7.06. The van der Waals surface area contributed by atoms with Crippen LogP contribution in [0.5, 0.6) is 5.75 Å². The molecule has 1 aliphatic heterocycles. The molecule has 39 heavy (non-hydrogen) atoms. The van der Waals surface area contributed by atoms with Gasteiger partial charge in [-0.3, -0.25) is 9.69 Å². The molecule has 4 rings (SSSR count). The average Bonchev–Trinajstić information content (AvgIpc) is 3.35. The predicted molar refractivity (Wildman–Crippen MR) is 154 cm³/mol. The first kappa shape index (κ1) is 29.2. The molecule has 0 saturated carbocycles. The highest BCUT2D eigenvalue weighted by Gasteiger charge is 2.38. The Morgan fingerprint density at radius 3 is 2.56 bits per heavy atom. The Bertz CT molecular complexity index is 1300. The molecule has 2 atom stereocenters. The van der Waals surface area contributed by atoms with Crippen LogP contribution in [0.25, 0.3) is 5.69 Å². The molecule has 9 heteroatoms. The van der Waals surface area contributed by atoms with Crippen LogP contribution in [0.3, 0.4) is 0 Å². The second kappa shape index (κ2) is 12.2. The summed E-state index contributed by atoms with van der Waals surface area (Å²) in [6, 6.07) is 11.0. The van der Waals surface area contributed by atoms with Gasteiger partial charge in [0.1, 0.15) is 11.6 Å². The standard InChI is InChI=1S/C30H39BrFN5O2/c1-20-8-9-21(2)28(14-20)39-13-7-12-30(5,6)29(38)35-16-22(3)36(23(4)17-35)18-25-19-37(34-33-25)27-15-24(32)10-11-26(27)31/h8-11,14-15,19,22-23H,7,12-13,16-18H2,1-6H3/t22-,23+. The number of ether oxygens (including phenoxy) is 1. The maximum Gasteiger partial charge on any atom is 0.228 e. The van der Waals surface area contributed by atoms with E-state index in [-0.39, 0.29) is 23.8 Å². The molecule has 2 heterocycles. The lowest BCUT2D eigenvalue weighted by Gasteiger charge is -2.46. The summed E-state index contributed by atoms with van der Waals surface area (Å²) in [7, 11) is 0. The van der Waals surface area contributed by atoms with E-state index in [2.05, 4.69) is 77.0 Å². The summed E-state index contributed by atoms with van der Waals surface area (Å²) >= 11 is 3.46. The van der Waals surface area contributed by atoms with Gasteiger partial charge in [-0.15, -0.1) is 5.10 Å². The van der Waals surface area contributed by atoms with E-state index >= 15 is 0 Å². The minimum Gasteiger partial charge on any atom is -0.493 e. The number of aryl methyl sites for hydroxylation is 2. The van der Waals surface area contributed by atoms with E-state index < -0.39 is 5.41 Å². The van der Waals surface area contributed by atoms with Gasteiger partial charge in [0.15, 0.2) is 0 Å². The maximum atomic E-state index is 13.8. The van der Waals surface area contributed by atoms with Crippen molar-refractivity contribution in [2.45, 2.75) is 73.0 Å². The Hall–Kier alpha value is -2.78. The number of halogens is 2. The second-order valence-corrected chi connectivity index (χ2v) is 12.3. The fraction of sp³-hybridized carbons (Fsp3) is 0.500. The molecule has 1 aromatic heterocycles. The molecule has 0 aliphatic carbocycles. The van der Waals surface area contributed by atoms with E-state index in [4.69, 9.17) is 4.74 Å². The van der Waals surface area contributed by atoms with Gasteiger partial charge in [0.05, 0.1) is 24.2 Å². The highest BCUT2D eigenvalue weighted by Crippen LogP contribution is 2.29. The molecule has 1 fully saturated rings. The van der Waals surface area contributed by atoms with E-state index in [9.17, 15) is 9.18 Å². The number of rotatable bonds is 9. The Balaban J connectivity index is 1.31. The zero-order chi connectivity index (χ0) is 28.3. The lowest BCUT2D eigenvalue weighted by molar-refractivity contribution is -0.145. The molecule has 210 valence electrons. The summed E-state index contributed by atoms with van der Waals surface area (Å²) in [6.45, 7) is 15.0. The topological polar surface area (TPSA) is 63.5 Å². The van der Waals surface area contributed by atoms with Crippen molar-refractivity contribution in [3.63, 3.8) is 0 Å². The van der Waals surface area contributed by atoms with Crippen LogP contribution in [0.15, 0.2) is 47.1 Å². The number of nitrogens with zero attached hydrogens (tertiary/aromatic N) is 5. The van der Waals surface area contributed by atoms with Crippen LogP contribution in [0.4, 0.5) is 4.39 Å². The maximum absolute atomic E-state index is 13.8. The van der Waals surface area contributed by atoms with Gasteiger partial charge in [0.2, 0.25) is 5.91 Å². The Kier molecular flexibility index (Phi) is 9.11. The highest BCUT2D eigenvalue weighted by molar-refractivity contribution is 9.10. The lowest BCUT2D eigenvalue weighted by atomic mass is 9.85. The van der Waals surface area contributed by atoms with Crippen LogP contribution < -0.4 is 4.74 Å². The summed E-state index contributed by atoms with van der Waals surface area (Å²) in [5, 5.41) is 8.54. The smallest absolute Gasteiger partial charge is 0.228 e. The molecule has 1 aliphatic rings. The van der Waals surface area contributed by atoms with Crippen molar-refractivity contribution < 1.29 is 13.9 Å². The molecule has 0 bridgehead atoms. The van der Waals surface area contributed by atoms with Crippen molar-refractivity contribution in [2.75, 3.05) is 19.7 Å². The molecule has 0 spiro atoms. The number of piperazine rings is 1. The normalized spacial score (nSPS) is 18.4. The quantitative estimate of drug-likeness (QED) is 0.278. The van der Waals surface area contributed by atoms with Gasteiger partial charge < -0.3 is 9.64 Å². The summed E-state index contributed by atoms with van der Waals surface area (Å²) in [5.74, 6) is 0.779. The van der Waals surface area contributed by atoms with Gasteiger partial charge in [-0.1, -0.05) is 31.2 Å². The number of hydrogen-bond donors (Lipinski definition) is 0. The average molecular weight is 601 g/mol. The van der Waals surface area contributed by atoms with E-state index in [0.717, 1.165) is 34.3 Å². The van der Waals surface area contributed by atoms with Crippen molar-refractivity contribution >= 4 is 21.8 Å². The van der Waals surface area contributed by atoms with E-state index in [1.807, 2.05) is 24.9 Å². The molecule has 0 radical (unpaired) electrons. The summed E-state index contributed by atoms with van der Waals surface area (Å²) < 4.78 is 22.1. The monoisotopic (exact) mass is 599 g/mol. The minimum atomic E-state index is -0.465. The number of hydrogen-bond acceptors (Lipinski definition) is 5. The van der Waals surface area contributed by atoms with Gasteiger partial charge in [0, 0.05) is 47.7 Å². The summed E-state index contributed by atoms with van der Waals surface area (Å²) in [5.41, 5.74) is 3.24. The first-order chi connectivity index (χ1) is 18.4. The first-order valence-corrected chi connectivity index (χ1v) is 14.4. The van der Waals surface area contributed by atoms with Crippen molar-refractivity contribution in [3.05, 3.63) is 69.7 Å².